The van der Waals surface area contributed by atoms with Crippen LogP contribution >= 0.6 is 57.5 Å². The number of aryl methyl sites for hydroxylation is 2. The predicted molar refractivity (Wildman–Crippen MR) is 271 cm³/mol. The quantitative estimate of drug-likeness (QED) is 0.0854. The number of anilines is 6. The maximum Gasteiger partial charge on any atom is 0.425 e. The molecule has 2 aromatic carbocycles. The Hall–Kier alpha value is -5.38. The third-order valence-corrected chi connectivity index (χ3v) is 15.3. The van der Waals surface area contributed by atoms with Crippen LogP contribution in [0.3, 0.4) is 0 Å². The molecule has 5 aromatic heterocycles. The summed E-state index contributed by atoms with van der Waals surface area (Å²) < 4.78 is 59.9. The molecule has 0 spiro atoms. The van der Waals surface area contributed by atoms with Crippen molar-refractivity contribution >= 4 is 155 Å². The van der Waals surface area contributed by atoms with Crippen molar-refractivity contribution in [3.8, 4) is 0 Å². The van der Waals surface area contributed by atoms with Crippen molar-refractivity contribution in [2.45, 2.75) is 84.1 Å². The zero-order valence-electron chi connectivity index (χ0n) is 37.3. The summed E-state index contributed by atoms with van der Waals surface area (Å²) in [6, 6.07) is 12.4. The fraction of sp³-hybridized carbons (Fsp3) is 0.390. The molecule has 5 heterocycles. The third kappa shape index (κ3) is 13.9. The van der Waals surface area contributed by atoms with Gasteiger partial charge < -0.3 is 20.4 Å². The summed E-state index contributed by atoms with van der Waals surface area (Å²) in [6.07, 6.45) is 5.97. The minimum absolute atomic E-state index is 0.408. The second-order valence-corrected chi connectivity index (χ2v) is 19.9. The number of nitrogens with one attached hydrogen (secondary N) is 2. The molecule has 7 aromatic rings. The Labute approximate surface area is 410 Å². The minimum Gasteiger partial charge on any atom is -0.372 e. The Morgan fingerprint density at radius 3 is 1.45 bits per heavy atom. The summed E-state index contributed by atoms with van der Waals surface area (Å²) in [5.41, 5.74) is 7.25. The molecule has 0 saturated heterocycles. The lowest BCUT2D eigenvalue weighted by Crippen LogP contribution is -2.21. The summed E-state index contributed by atoms with van der Waals surface area (Å²) in [5.74, 6) is 0.816. The number of azo groups is 2. The molecule has 26 heteroatoms. The molecule has 0 amide bonds. The van der Waals surface area contributed by atoms with E-state index < -0.39 is 21.2 Å². The van der Waals surface area contributed by atoms with Crippen LogP contribution in [0.25, 0.3) is 20.4 Å². The molecule has 354 valence electrons. The smallest absolute Gasteiger partial charge is 0.372 e. The lowest BCUT2D eigenvalue weighted by molar-refractivity contribution is 0.515. The maximum atomic E-state index is 8.44. The average molecular weight is 1040 g/mol. The first kappa shape index (κ1) is 51.0. The third-order valence-electron chi connectivity index (χ3n) is 10.4. The van der Waals surface area contributed by atoms with Crippen LogP contribution in [0.15, 0.2) is 72.8 Å². The molecule has 0 aliphatic heterocycles. The van der Waals surface area contributed by atoms with Crippen LogP contribution in [0, 0.1) is 13.8 Å². The van der Waals surface area contributed by atoms with Gasteiger partial charge in [-0.15, -0.1) is 68.4 Å². The summed E-state index contributed by atoms with van der Waals surface area (Å²) in [4.78, 5) is 21.6. The van der Waals surface area contributed by atoms with Gasteiger partial charge in [-0.25, -0.2) is 0 Å². The highest BCUT2D eigenvalue weighted by Crippen LogP contribution is 2.42. The van der Waals surface area contributed by atoms with Gasteiger partial charge in [0.1, 0.15) is 21.0 Å². The monoisotopic (exact) mass is 1040 g/mol. The van der Waals surface area contributed by atoms with Crippen molar-refractivity contribution in [3.63, 3.8) is 0 Å². The number of fused-ring (bicyclic) bond motifs is 2. The van der Waals surface area contributed by atoms with E-state index in [0.717, 1.165) is 103 Å². The van der Waals surface area contributed by atoms with Crippen LogP contribution in [0.2, 0.25) is 0 Å². The van der Waals surface area contributed by atoms with Crippen LogP contribution in [0.1, 0.15) is 70.9 Å². The van der Waals surface area contributed by atoms with Crippen molar-refractivity contribution in [2.75, 3.05) is 46.6 Å². The molecule has 0 bridgehead atoms. The maximum absolute atomic E-state index is 8.44. The van der Waals surface area contributed by atoms with Crippen LogP contribution < -0.4 is 20.4 Å². The van der Waals surface area contributed by atoms with E-state index in [1.54, 1.807) is 34.4 Å². The molecule has 8 rings (SSSR count). The predicted octanol–water partition coefficient (Wildman–Crippen LogP) is 12.3. The Kier molecular flexibility index (Phi) is 18.7. The lowest BCUT2D eigenvalue weighted by Gasteiger charge is -2.23. The standard InChI is InChI=1S/C41H47N13S5.2O3S/c1-7-53(8-2)26-16-18-29(47-49-35-33-24(5)22-55-37(33)51-58-35)31(20-26)42-39-44-40(46-41(45-39)57-28-14-12-11-13-15-28)43-32-21-27(54(9-3)10-4)17-19-30(32)48-50-36-34-25(6)23-56-38(34)52-59-36;2*1-4(2)3/h16-23,28H,7-15H2,1-6H3,(H2,42,43,44,45,46);;. The molecule has 67 heavy (non-hydrogen) atoms. The number of hydrogen-bond acceptors (Lipinski definition) is 24. The zero-order chi connectivity index (χ0) is 48.0. The first-order chi connectivity index (χ1) is 32.3. The van der Waals surface area contributed by atoms with E-state index in [9.17, 15) is 0 Å². The average Bonchev–Trinajstić information content (AvgIpc) is 4.09. The normalized spacial score (nSPS) is 12.8. The zero-order valence-corrected chi connectivity index (χ0v) is 43.0. The van der Waals surface area contributed by atoms with Crippen LogP contribution in [-0.4, -0.2) is 80.4 Å². The van der Waals surface area contributed by atoms with Crippen molar-refractivity contribution in [1.82, 2.24) is 23.7 Å². The Balaban J connectivity index is 0.000000858. The first-order valence-electron chi connectivity index (χ1n) is 21.1. The molecule has 0 atom stereocenters. The SMILES string of the molecule is CCN(CC)c1ccc(N=Nc2snc3scc(C)c23)c(Nc2nc(Nc3cc(N(CC)CC)ccc3N=Nc3snc4scc(C)c34)nc(SC3CCCCC3)n2)c1.O=S(=O)=O.O=S(=O)=O. The summed E-state index contributed by atoms with van der Waals surface area (Å²) in [5, 5.41) is 35.1. The van der Waals surface area contributed by atoms with E-state index in [-0.39, 0.29) is 0 Å². The number of rotatable bonds is 16. The number of thioether (sulfide) groups is 1. The number of nitrogens with zero attached hydrogens (tertiary/aromatic N) is 11. The molecule has 0 unspecified atom stereocenters. The number of aromatic nitrogens is 5. The molecule has 1 aliphatic rings. The fourth-order valence-electron chi connectivity index (χ4n) is 7.20. The van der Waals surface area contributed by atoms with E-state index in [1.807, 2.05) is 12.1 Å². The largest absolute Gasteiger partial charge is 0.425 e. The number of benzene rings is 2. The summed E-state index contributed by atoms with van der Waals surface area (Å²) in [7, 11) is -6.22. The van der Waals surface area contributed by atoms with Gasteiger partial charge in [-0.05, 0) is 136 Å². The molecular formula is C41H47N13O6S7. The van der Waals surface area contributed by atoms with Gasteiger partial charge in [0.2, 0.25) is 11.9 Å². The minimum atomic E-state index is -3.11. The van der Waals surface area contributed by atoms with E-state index in [2.05, 4.69) is 106 Å². The fourth-order valence-corrected chi connectivity index (χ4v) is 12.0. The lowest BCUT2D eigenvalue weighted by atomic mass is 10.0. The van der Waals surface area contributed by atoms with Gasteiger partial charge in [-0.3, -0.25) is 0 Å². The second kappa shape index (κ2) is 24.6. The van der Waals surface area contributed by atoms with Gasteiger partial charge in [0.05, 0.1) is 22.1 Å². The molecule has 19 nitrogen and oxygen atoms in total. The van der Waals surface area contributed by atoms with Gasteiger partial charge in [0.15, 0.2) is 15.2 Å². The Bertz CT molecular complexity index is 2880. The van der Waals surface area contributed by atoms with E-state index in [1.165, 1.54) is 42.3 Å². The number of hydrogen-bond donors (Lipinski definition) is 2. The molecule has 1 aliphatic carbocycles. The van der Waals surface area contributed by atoms with Gasteiger partial charge >= 0.3 is 21.2 Å². The molecule has 1 fully saturated rings. The van der Waals surface area contributed by atoms with Gasteiger partial charge in [-0.2, -0.15) is 23.7 Å². The van der Waals surface area contributed by atoms with Gasteiger partial charge in [0, 0.05) is 42.8 Å². The van der Waals surface area contributed by atoms with Crippen molar-refractivity contribution in [1.29, 1.82) is 0 Å². The molecule has 0 radical (unpaired) electrons. The van der Waals surface area contributed by atoms with Crippen molar-refractivity contribution < 1.29 is 25.3 Å². The topological polar surface area (TPSA) is 247 Å². The van der Waals surface area contributed by atoms with E-state index in [4.69, 9.17) is 60.7 Å². The van der Waals surface area contributed by atoms with Crippen LogP contribution in [-0.2, 0) is 21.2 Å². The van der Waals surface area contributed by atoms with Crippen LogP contribution in [0.5, 0.6) is 0 Å². The van der Waals surface area contributed by atoms with E-state index >= 15 is 0 Å². The van der Waals surface area contributed by atoms with E-state index in [0.29, 0.717) is 33.7 Å². The highest BCUT2D eigenvalue weighted by atomic mass is 32.2. The van der Waals surface area contributed by atoms with Crippen molar-refractivity contribution in [3.05, 3.63) is 58.3 Å². The molecule has 2 N–H and O–H groups in total. The summed E-state index contributed by atoms with van der Waals surface area (Å²) in [6.45, 7) is 16.3. The van der Waals surface area contributed by atoms with Crippen LogP contribution in [0.4, 0.5) is 56.0 Å². The molecule has 1 saturated carbocycles. The van der Waals surface area contributed by atoms with Crippen molar-refractivity contribution in [2.24, 2.45) is 20.5 Å². The Morgan fingerprint density at radius 2 is 1.04 bits per heavy atom. The number of thiophene rings is 2. The molecular weight excluding hydrogens is 995 g/mol. The highest BCUT2D eigenvalue weighted by Gasteiger charge is 2.20. The highest BCUT2D eigenvalue weighted by molar-refractivity contribution is 7.99. The second-order valence-electron chi connectivity index (χ2n) is 14.6. The first-order valence-corrected chi connectivity index (χ1v) is 27.3. The summed E-state index contributed by atoms with van der Waals surface area (Å²) >= 11 is 7.72. The van der Waals surface area contributed by atoms with Gasteiger partial charge in [0.25, 0.3) is 0 Å². The Morgan fingerprint density at radius 1 is 0.627 bits per heavy atom. The van der Waals surface area contributed by atoms with Gasteiger partial charge in [-0.1, -0.05) is 31.0 Å².